The SMILES string of the molecule is Cc1ccccc1-c1c2ccccc2cc2cc3c(cc12)sc1ccccc13. The van der Waals surface area contributed by atoms with Gasteiger partial charge in [0.05, 0.1) is 0 Å². The molecule has 6 aromatic rings. The molecule has 0 aliphatic rings. The van der Waals surface area contributed by atoms with E-state index >= 15 is 0 Å². The van der Waals surface area contributed by atoms with Crippen molar-refractivity contribution in [2.24, 2.45) is 0 Å². The van der Waals surface area contributed by atoms with Crippen molar-refractivity contribution in [1.82, 2.24) is 0 Å². The molecular formula is C27H18S. The fourth-order valence-corrected chi connectivity index (χ4v) is 5.56. The Morgan fingerprint density at radius 1 is 0.536 bits per heavy atom. The molecule has 0 fully saturated rings. The summed E-state index contributed by atoms with van der Waals surface area (Å²) in [4.78, 5) is 0. The minimum atomic E-state index is 1.30. The van der Waals surface area contributed by atoms with Crippen molar-refractivity contribution in [2.45, 2.75) is 6.92 Å². The minimum absolute atomic E-state index is 1.30. The van der Waals surface area contributed by atoms with Crippen LogP contribution in [-0.2, 0) is 0 Å². The monoisotopic (exact) mass is 374 g/mol. The van der Waals surface area contributed by atoms with Crippen LogP contribution in [0.15, 0.2) is 91.0 Å². The van der Waals surface area contributed by atoms with E-state index in [0.29, 0.717) is 0 Å². The fraction of sp³-hybridized carbons (Fsp3) is 0.0370. The lowest BCUT2D eigenvalue weighted by Crippen LogP contribution is -1.88. The number of aryl methyl sites for hydroxylation is 1. The van der Waals surface area contributed by atoms with E-state index in [4.69, 9.17) is 0 Å². The van der Waals surface area contributed by atoms with Gasteiger partial charge in [-0.15, -0.1) is 11.3 Å². The number of hydrogen-bond acceptors (Lipinski definition) is 1. The van der Waals surface area contributed by atoms with Crippen molar-refractivity contribution in [3.05, 3.63) is 96.6 Å². The van der Waals surface area contributed by atoms with Gasteiger partial charge in [0.2, 0.25) is 0 Å². The van der Waals surface area contributed by atoms with Gasteiger partial charge in [-0.2, -0.15) is 0 Å². The van der Waals surface area contributed by atoms with Gasteiger partial charge in [-0.3, -0.25) is 0 Å². The van der Waals surface area contributed by atoms with E-state index in [0.717, 1.165) is 0 Å². The topological polar surface area (TPSA) is 0 Å². The summed E-state index contributed by atoms with van der Waals surface area (Å²) < 4.78 is 2.72. The summed E-state index contributed by atoms with van der Waals surface area (Å²) in [6.07, 6.45) is 0. The third-order valence-corrected chi connectivity index (χ3v) is 6.91. The number of benzene rings is 5. The smallest absolute Gasteiger partial charge is 0.0362 e. The Morgan fingerprint density at radius 2 is 1.29 bits per heavy atom. The van der Waals surface area contributed by atoms with Crippen molar-refractivity contribution in [3.63, 3.8) is 0 Å². The molecular weight excluding hydrogens is 356 g/mol. The molecule has 5 aromatic carbocycles. The summed E-state index contributed by atoms with van der Waals surface area (Å²) in [7, 11) is 0. The average Bonchev–Trinajstić information content (AvgIpc) is 3.09. The van der Waals surface area contributed by atoms with Crippen molar-refractivity contribution in [3.8, 4) is 11.1 Å². The molecule has 0 spiro atoms. The standard InChI is InChI=1S/C27H18S/c1-17-8-2-4-10-20(17)27-21-11-5-3-9-18(21)14-19-15-24-22-12-6-7-13-25(22)28-26(24)16-23(19)27/h2-16H,1H3. The highest BCUT2D eigenvalue weighted by atomic mass is 32.1. The first kappa shape index (κ1) is 15.9. The van der Waals surface area contributed by atoms with Crippen LogP contribution in [0.25, 0.3) is 52.8 Å². The third kappa shape index (κ3) is 2.23. The van der Waals surface area contributed by atoms with Crippen LogP contribution in [-0.4, -0.2) is 0 Å². The Hall–Kier alpha value is -3.16. The molecule has 132 valence electrons. The lowest BCUT2D eigenvalue weighted by Gasteiger charge is -2.14. The van der Waals surface area contributed by atoms with E-state index in [1.54, 1.807) is 0 Å². The van der Waals surface area contributed by atoms with Crippen molar-refractivity contribution in [2.75, 3.05) is 0 Å². The van der Waals surface area contributed by atoms with Gasteiger partial charge in [-0.25, -0.2) is 0 Å². The molecule has 0 saturated carbocycles. The summed E-state index contributed by atoms with van der Waals surface area (Å²) in [5.74, 6) is 0. The Labute approximate surface area is 167 Å². The first-order chi connectivity index (χ1) is 13.8. The second-order valence-corrected chi connectivity index (χ2v) is 8.54. The second-order valence-electron chi connectivity index (χ2n) is 7.46. The van der Waals surface area contributed by atoms with Gasteiger partial charge < -0.3 is 0 Å². The number of fused-ring (bicyclic) bond motifs is 5. The lowest BCUT2D eigenvalue weighted by atomic mass is 9.89. The molecule has 0 amide bonds. The molecule has 0 N–H and O–H groups in total. The first-order valence-corrected chi connectivity index (χ1v) is 10.4. The average molecular weight is 375 g/mol. The van der Waals surface area contributed by atoms with Crippen molar-refractivity contribution >= 4 is 53.1 Å². The van der Waals surface area contributed by atoms with E-state index in [1.807, 2.05) is 11.3 Å². The van der Waals surface area contributed by atoms with Crippen LogP contribution in [0.3, 0.4) is 0 Å². The van der Waals surface area contributed by atoms with Crippen LogP contribution in [0.4, 0.5) is 0 Å². The molecule has 1 heterocycles. The Morgan fingerprint density at radius 3 is 2.18 bits per heavy atom. The zero-order valence-corrected chi connectivity index (χ0v) is 16.4. The molecule has 6 rings (SSSR count). The predicted molar refractivity (Wildman–Crippen MR) is 125 cm³/mol. The Bertz CT molecular complexity index is 1520. The zero-order chi connectivity index (χ0) is 18.7. The quantitative estimate of drug-likeness (QED) is 0.254. The Balaban J connectivity index is 1.85. The zero-order valence-electron chi connectivity index (χ0n) is 15.6. The molecule has 0 aliphatic carbocycles. The molecule has 0 radical (unpaired) electrons. The molecule has 0 atom stereocenters. The highest BCUT2D eigenvalue weighted by molar-refractivity contribution is 7.25. The molecule has 0 saturated heterocycles. The van der Waals surface area contributed by atoms with Gasteiger partial charge in [-0.1, -0.05) is 66.7 Å². The van der Waals surface area contributed by atoms with Gasteiger partial charge >= 0.3 is 0 Å². The summed E-state index contributed by atoms with van der Waals surface area (Å²) in [5, 5.41) is 7.99. The molecule has 0 bridgehead atoms. The normalized spacial score (nSPS) is 11.8. The van der Waals surface area contributed by atoms with Crippen LogP contribution in [0.2, 0.25) is 0 Å². The largest absolute Gasteiger partial charge is 0.135 e. The van der Waals surface area contributed by atoms with Crippen molar-refractivity contribution in [1.29, 1.82) is 0 Å². The van der Waals surface area contributed by atoms with E-state index in [9.17, 15) is 0 Å². The highest BCUT2D eigenvalue weighted by Crippen LogP contribution is 2.42. The number of hydrogen-bond donors (Lipinski definition) is 0. The van der Waals surface area contributed by atoms with E-state index in [2.05, 4.69) is 97.9 Å². The van der Waals surface area contributed by atoms with Crippen molar-refractivity contribution < 1.29 is 0 Å². The van der Waals surface area contributed by atoms with Gasteiger partial charge in [-0.05, 0) is 69.4 Å². The molecule has 0 unspecified atom stereocenters. The maximum Gasteiger partial charge on any atom is 0.0362 e. The third-order valence-electron chi connectivity index (χ3n) is 5.77. The molecule has 28 heavy (non-hydrogen) atoms. The molecule has 0 aliphatic heterocycles. The van der Waals surface area contributed by atoms with Crippen LogP contribution in [0.1, 0.15) is 5.56 Å². The molecule has 1 heteroatoms. The van der Waals surface area contributed by atoms with E-state index in [-0.39, 0.29) is 0 Å². The summed E-state index contributed by atoms with van der Waals surface area (Å²) in [5.41, 5.74) is 3.99. The minimum Gasteiger partial charge on any atom is -0.135 e. The number of rotatable bonds is 1. The molecule has 0 nitrogen and oxygen atoms in total. The van der Waals surface area contributed by atoms with Gasteiger partial charge in [0.15, 0.2) is 0 Å². The lowest BCUT2D eigenvalue weighted by molar-refractivity contribution is 1.47. The van der Waals surface area contributed by atoms with Crippen LogP contribution in [0, 0.1) is 6.92 Å². The second kappa shape index (κ2) is 5.92. The summed E-state index contributed by atoms with van der Waals surface area (Å²) >= 11 is 1.89. The van der Waals surface area contributed by atoms with Crippen LogP contribution < -0.4 is 0 Å². The fourth-order valence-electron chi connectivity index (χ4n) is 4.43. The highest BCUT2D eigenvalue weighted by Gasteiger charge is 2.14. The van der Waals surface area contributed by atoms with Crippen LogP contribution in [0.5, 0.6) is 0 Å². The number of thiophene rings is 1. The maximum absolute atomic E-state index is 2.41. The summed E-state index contributed by atoms with van der Waals surface area (Å²) in [6.45, 7) is 2.21. The van der Waals surface area contributed by atoms with Gasteiger partial charge in [0.25, 0.3) is 0 Å². The van der Waals surface area contributed by atoms with E-state index in [1.165, 1.54) is 58.4 Å². The maximum atomic E-state index is 2.41. The van der Waals surface area contributed by atoms with Gasteiger partial charge in [0.1, 0.15) is 0 Å². The van der Waals surface area contributed by atoms with Crippen LogP contribution >= 0.6 is 11.3 Å². The van der Waals surface area contributed by atoms with Gasteiger partial charge in [0, 0.05) is 20.2 Å². The van der Waals surface area contributed by atoms with E-state index < -0.39 is 0 Å². The Kier molecular flexibility index (Phi) is 3.35. The predicted octanol–water partition coefficient (Wildman–Crippen LogP) is 8.34. The molecule has 1 aromatic heterocycles. The first-order valence-electron chi connectivity index (χ1n) is 9.62. The summed E-state index contributed by atoms with van der Waals surface area (Å²) in [6, 6.07) is 33.4.